The Morgan fingerprint density at radius 1 is 1.22 bits per heavy atom. The van der Waals surface area contributed by atoms with Crippen LogP contribution in [-0.4, -0.2) is 17.1 Å². The van der Waals surface area contributed by atoms with Gasteiger partial charge in [-0.25, -0.2) is 4.98 Å². The molecular weight excluding hydrogens is 244 g/mol. The first kappa shape index (κ1) is 13.1. The Bertz CT molecular complexity index is 528. The number of aryl methyl sites for hydroxylation is 2. The summed E-state index contributed by atoms with van der Waals surface area (Å²) in [4.78, 5) is 6.49. The predicted octanol–water partition coefficient (Wildman–Crippen LogP) is 3.58. The number of hydrogen-bond acceptors (Lipinski definition) is 4. The summed E-state index contributed by atoms with van der Waals surface area (Å²) in [6, 6.07) is 6.42. The Balaban J connectivity index is 2.31. The van der Waals surface area contributed by atoms with Crippen molar-refractivity contribution >= 4 is 22.2 Å². The van der Waals surface area contributed by atoms with E-state index in [0.29, 0.717) is 0 Å². The molecule has 1 unspecified atom stereocenters. The van der Waals surface area contributed by atoms with Gasteiger partial charge in [-0.15, -0.1) is 11.3 Å². The minimum absolute atomic E-state index is 0.511. The van der Waals surface area contributed by atoms with Gasteiger partial charge in [0, 0.05) is 18.1 Å². The van der Waals surface area contributed by atoms with Crippen molar-refractivity contribution in [1.82, 2.24) is 4.98 Å². The molecule has 0 saturated heterocycles. The Morgan fingerprint density at radius 2 is 1.83 bits per heavy atom. The minimum atomic E-state index is -0.511. The average Bonchev–Trinajstić information content (AvgIpc) is 2.75. The lowest BCUT2D eigenvalue weighted by Crippen LogP contribution is -2.09. The molecule has 1 heterocycles. The first-order valence-electron chi connectivity index (χ1n) is 5.93. The molecule has 0 spiro atoms. The molecule has 4 heteroatoms. The van der Waals surface area contributed by atoms with Crippen LogP contribution in [0.1, 0.15) is 29.8 Å². The number of aliphatic hydroxyl groups excluding tert-OH is 1. The maximum absolute atomic E-state index is 9.50. The molecule has 1 aromatic heterocycles. The average molecular weight is 262 g/mol. The van der Waals surface area contributed by atoms with Crippen molar-refractivity contribution in [1.29, 1.82) is 0 Å². The van der Waals surface area contributed by atoms with Crippen molar-refractivity contribution in [3.8, 4) is 0 Å². The molecule has 0 amide bonds. The fraction of sp³-hybridized carbons (Fsp3) is 0.357. The van der Waals surface area contributed by atoms with E-state index in [-0.39, 0.29) is 0 Å². The Kier molecular flexibility index (Phi) is 3.68. The van der Waals surface area contributed by atoms with E-state index in [4.69, 9.17) is 0 Å². The summed E-state index contributed by atoms with van der Waals surface area (Å²) in [5.41, 5.74) is 4.33. The second-order valence-corrected chi connectivity index (χ2v) is 5.47. The fourth-order valence-corrected chi connectivity index (χ4v) is 2.77. The summed E-state index contributed by atoms with van der Waals surface area (Å²) in [6.07, 6.45) is -0.511. The van der Waals surface area contributed by atoms with Crippen LogP contribution in [0.2, 0.25) is 0 Å². The lowest BCUT2D eigenvalue weighted by molar-refractivity contribution is 0.195. The van der Waals surface area contributed by atoms with Gasteiger partial charge in [-0.3, -0.25) is 0 Å². The van der Waals surface area contributed by atoms with Gasteiger partial charge in [-0.05, 0) is 44.0 Å². The van der Waals surface area contributed by atoms with E-state index in [1.807, 2.05) is 12.4 Å². The van der Waals surface area contributed by atoms with Crippen molar-refractivity contribution in [2.45, 2.75) is 26.9 Å². The van der Waals surface area contributed by atoms with E-state index in [9.17, 15) is 5.11 Å². The van der Waals surface area contributed by atoms with E-state index in [0.717, 1.165) is 16.5 Å². The van der Waals surface area contributed by atoms with Crippen LogP contribution in [0, 0.1) is 13.8 Å². The van der Waals surface area contributed by atoms with Crippen molar-refractivity contribution in [3.05, 3.63) is 40.4 Å². The topological polar surface area (TPSA) is 36.4 Å². The number of benzene rings is 1. The zero-order chi connectivity index (χ0) is 13.3. The summed E-state index contributed by atoms with van der Waals surface area (Å²) in [5, 5.41) is 12.3. The van der Waals surface area contributed by atoms with Crippen LogP contribution in [0.15, 0.2) is 23.6 Å². The Labute approximate surface area is 112 Å². The molecule has 2 rings (SSSR count). The molecule has 0 aliphatic rings. The molecule has 96 valence electrons. The Hall–Kier alpha value is -1.39. The van der Waals surface area contributed by atoms with Crippen LogP contribution in [0.4, 0.5) is 10.8 Å². The highest BCUT2D eigenvalue weighted by Crippen LogP contribution is 2.29. The van der Waals surface area contributed by atoms with Gasteiger partial charge in [0.15, 0.2) is 5.13 Å². The molecule has 0 bridgehead atoms. The van der Waals surface area contributed by atoms with Crippen LogP contribution < -0.4 is 4.90 Å². The van der Waals surface area contributed by atoms with Gasteiger partial charge < -0.3 is 10.0 Å². The maximum atomic E-state index is 9.50. The van der Waals surface area contributed by atoms with Gasteiger partial charge in [0.1, 0.15) is 0 Å². The van der Waals surface area contributed by atoms with Crippen LogP contribution in [0.3, 0.4) is 0 Å². The summed E-state index contributed by atoms with van der Waals surface area (Å²) < 4.78 is 0. The molecular formula is C14H18N2OS. The standard InChI is InChI=1S/C14H18N2OS/c1-9-5-10(2)7-12(6-9)16(4)14-15-13(8-18-14)11(3)17/h5-8,11,17H,1-4H3. The number of hydrogen-bond donors (Lipinski definition) is 1. The fourth-order valence-electron chi connectivity index (χ4n) is 1.88. The second-order valence-electron chi connectivity index (χ2n) is 4.64. The number of rotatable bonds is 3. The van der Waals surface area contributed by atoms with Gasteiger partial charge in [-0.1, -0.05) is 6.07 Å². The highest BCUT2D eigenvalue weighted by Gasteiger charge is 2.12. The van der Waals surface area contributed by atoms with Crippen LogP contribution in [0.5, 0.6) is 0 Å². The van der Waals surface area contributed by atoms with E-state index in [1.165, 1.54) is 11.1 Å². The smallest absolute Gasteiger partial charge is 0.189 e. The largest absolute Gasteiger partial charge is 0.387 e. The molecule has 0 aliphatic heterocycles. The zero-order valence-electron chi connectivity index (χ0n) is 11.1. The summed E-state index contributed by atoms with van der Waals surface area (Å²) in [7, 11) is 2.00. The highest BCUT2D eigenvalue weighted by molar-refractivity contribution is 7.13. The highest BCUT2D eigenvalue weighted by atomic mass is 32.1. The van der Waals surface area contributed by atoms with Gasteiger partial charge in [0.05, 0.1) is 11.8 Å². The molecule has 1 atom stereocenters. The number of nitrogens with zero attached hydrogens (tertiary/aromatic N) is 2. The van der Waals surface area contributed by atoms with E-state index >= 15 is 0 Å². The number of anilines is 2. The van der Waals surface area contributed by atoms with E-state index in [2.05, 4.69) is 41.9 Å². The van der Waals surface area contributed by atoms with Gasteiger partial charge in [0.2, 0.25) is 0 Å². The molecule has 1 N–H and O–H groups in total. The summed E-state index contributed by atoms with van der Waals surface area (Å²) in [5.74, 6) is 0. The van der Waals surface area contributed by atoms with Crippen LogP contribution >= 0.6 is 11.3 Å². The molecule has 0 aliphatic carbocycles. The maximum Gasteiger partial charge on any atom is 0.189 e. The number of aliphatic hydroxyl groups is 1. The lowest BCUT2D eigenvalue weighted by atomic mass is 10.1. The molecule has 2 aromatic rings. The predicted molar refractivity (Wildman–Crippen MR) is 76.7 cm³/mol. The molecule has 0 radical (unpaired) electrons. The van der Waals surface area contributed by atoms with Gasteiger partial charge in [-0.2, -0.15) is 0 Å². The first-order chi connectivity index (χ1) is 8.47. The Morgan fingerprint density at radius 3 is 2.33 bits per heavy atom. The lowest BCUT2D eigenvalue weighted by Gasteiger charge is -2.17. The third-order valence-corrected chi connectivity index (χ3v) is 3.75. The van der Waals surface area contributed by atoms with Crippen molar-refractivity contribution in [2.75, 3.05) is 11.9 Å². The number of aromatic nitrogens is 1. The van der Waals surface area contributed by atoms with Crippen molar-refractivity contribution < 1.29 is 5.11 Å². The normalized spacial score (nSPS) is 12.5. The van der Waals surface area contributed by atoms with Gasteiger partial charge >= 0.3 is 0 Å². The van der Waals surface area contributed by atoms with E-state index in [1.54, 1.807) is 18.3 Å². The van der Waals surface area contributed by atoms with Crippen LogP contribution in [0.25, 0.3) is 0 Å². The third kappa shape index (κ3) is 2.71. The third-order valence-electron chi connectivity index (χ3n) is 2.82. The van der Waals surface area contributed by atoms with Crippen molar-refractivity contribution in [2.24, 2.45) is 0 Å². The minimum Gasteiger partial charge on any atom is -0.387 e. The summed E-state index contributed by atoms with van der Waals surface area (Å²) >= 11 is 1.55. The van der Waals surface area contributed by atoms with Crippen molar-refractivity contribution in [3.63, 3.8) is 0 Å². The molecule has 3 nitrogen and oxygen atoms in total. The molecule has 18 heavy (non-hydrogen) atoms. The SMILES string of the molecule is Cc1cc(C)cc(N(C)c2nc(C(C)O)cs2)c1. The monoisotopic (exact) mass is 262 g/mol. The first-order valence-corrected chi connectivity index (χ1v) is 6.81. The van der Waals surface area contributed by atoms with Gasteiger partial charge in [0.25, 0.3) is 0 Å². The molecule has 0 fully saturated rings. The zero-order valence-corrected chi connectivity index (χ0v) is 12.0. The van der Waals surface area contributed by atoms with E-state index < -0.39 is 6.10 Å². The van der Waals surface area contributed by atoms with Crippen LogP contribution in [-0.2, 0) is 0 Å². The summed E-state index contributed by atoms with van der Waals surface area (Å²) in [6.45, 7) is 5.91. The number of thiazole rings is 1. The second kappa shape index (κ2) is 5.08. The quantitative estimate of drug-likeness (QED) is 0.918. The molecule has 0 saturated carbocycles. The molecule has 1 aromatic carbocycles.